The van der Waals surface area contributed by atoms with Crippen molar-refractivity contribution in [2.24, 2.45) is 0 Å². The molecule has 3 rings (SSSR count). The Labute approximate surface area is 132 Å². The molecule has 2 aromatic carbocycles. The lowest BCUT2D eigenvalue weighted by atomic mass is 10.2. The third-order valence-corrected chi connectivity index (χ3v) is 6.58. The van der Waals surface area contributed by atoms with E-state index in [0.29, 0.717) is 11.4 Å². The van der Waals surface area contributed by atoms with Crippen molar-refractivity contribution in [3.63, 3.8) is 0 Å². The zero-order valence-electron chi connectivity index (χ0n) is 11.0. The second-order valence-corrected chi connectivity index (χ2v) is 7.89. The maximum Gasteiger partial charge on any atom is 0.264 e. The van der Waals surface area contributed by atoms with Gasteiger partial charge in [-0.25, -0.2) is 8.42 Å². The van der Waals surface area contributed by atoms with Crippen LogP contribution in [-0.2, 0) is 16.4 Å². The Hall–Kier alpha value is -1.08. The number of anilines is 1. The van der Waals surface area contributed by atoms with Crippen LogP contribution in [0.15, 0.2) is 47.4 Å². The summed E-state index contributed by atoms with van der Waals surface area (Å²) in [4.78, 5) is 0.368. The first-order valence-corrected chi connectivity index (χ1v) is 8.89. The first kappa shape index (κ1) is 13.9. The first-order valence-electron chi connectivity index (χ1n) is 6.37. The standard InChI is InChI=1S/C15H14INO2S/c1-11-10-13(6-7-14(11)16)20(18,19)17-9-8-12-4-2-3-5-15(12)17/h2-7,10H,8-9H2,1H3. The molecular formula is C15H14INO2S. The Morgan fingerprint density at radius 2 is 1.90 bits per heavy atom. The zero-order chi connectivity index (χ0) is 14.3. The number of hydrogen-bond acceptors (Lipinski definition) is 2. The Morgan fingerprint density at radius 1 is 1.15 bits per heavy atom. The summed E-state index contributed by atoms with van der Waals surface area (Å²) in [7, 11) is -3.46. The van der Waals surface area contributed by atoms with Crippen molar-refractivity contribution in [1.82, 2.24) is 0 Å². The van der Waals surface area contributed by atoms with Gasteiger partial charge in [-0.05, 0) is 71.3 Å². The molecule has 1 aliphatic rings. The molecule has 0 unspecified atom stereocenters. The molecule has 3 nitrogen and oxygen atoms in total. The summed E-state index contributed by atoms with van der Waals surface area (Å²) in [6.45, 7) is 2.45. The largest absolute Gasteiger partial charge is 0.266 e. The minimum absolute atomic E-state index is 0.368. The smallest absolute Gasteiger partial charge is 0.264 e. The van der Waals surface area contributed by atoms with Crippen molar-refractivity contribution >= 4 is 38.3 Å². The molecular weight excluding hydrogens is 385 g/mol. The summed E-state index contributed by atoms with van der Waals surface area (Å²) in [5.74, 6) is 0. The monoisotopic (exact) mass is 399 g/mol. The van der Waals surface area contributed by atoms with Crippen LogP contribution in [0.2, 0.25) is 0 Å². The van der Waals surface area contributed by atoms with Crippen LogP contribution in [-0.4, -0.2) is 15.0 Å². The summed E-state index contributed by atoms with van der Waals surface area (Å²) in [6.07, 6.45) is 0.777. The Morgan fingerprint density at radius 3 is 2.65 bits per heavy atom. The van der Waals surface area contributed by atoms with Crippen molar-refractivity contribution in [3.8, 4) is 0 Å². The van der Waals surface area contributed by atoms with E-state index in [1.54, 1.807) is 12.1 Å². The highest BCUT2D eigenvalue weighted by molar-refractivity contribution is 14.1. The predicted octanol–water partition coefficient (Wildman–Crippen LogP) is 3.35. The van der Waals surface area contributed by atoms with Crippen molar-refractivity contribution in [2.45, 2.75) is 18.2 Å². The van der Waals surface area contributed by atoms with Crippen molar-refractivity contribution in [1.29, 1.82) is 0 Å². The van der Waals surface area contributed by atoms with Gasteiger partial charge in [0.1, 0.15) is 0 Å². The van der Waals surface area contributed by atoms with Gasteiger partial charge < -0.3 is 0 Å². The van der Waals surface area contributed by atoms with Gasteiger partial charge in [-0.15, -0.1) is 0 Å². The van der Waals surface area contributed by atoms with Gasteiger partial charge in [0.2, 0.25) is 0 Å². The molecule has 0 saturated heterocycles. The average Bonchev–Trinajstić information content (AvgIpc) is 2.86. The van der Waals surface area contributed by atoms with E-state index in [1.165, 1.54) is 4.31 Å². The molecule has 0 amide bonds. The van der Waals surface area contributed by atoms with E-state index >= 15 is 0 Å². The topological polar surface area (TPSA) is 37.4 Å². The highest BCUT2D eigenvalue weighted by Gasteiger charge is 2.30. The van der Waals surface area contributed by atoms with E-state index in [-0.39, 0.29) is 0 Å². The molecule has 0 N–H and O–H groups in total. The van der Waals surface area contributed by atoms with E-state index in [9.17, 15) is 8.42 Å². The summed E-state index contributed by atoms with van der Waals surface area (Å²) in [6, 6.07) is 13.0. The van der Waals surface area contributed by atoms with Crippen LogP contribution in [0.1, 0.15) is 11.1 Å². The summed E-state index contributed by atoms with van der Waals surface area (Å²) < 4.78 is 28.2. The molecule has 0 aliphatic carbocycles. The number of fused-ring (bicyclic) bond motifs is 1. The maximum absolute atomic E-state index is 12.8. The molecule has 2 aromatic rings. The van der Waals surface area contributed by atoms with Crippen LogP contribution >= 0.6 is 22.6 Å². The van der Waals surface area contributed by atoms with Crippen LogP contribution in [0.3, 0.4) is 0 Å². The number of para-hydroxylation sites is 1. The lowest BCUT2D eigenvalue weighted by Gasteiger charge is -2.20. The molecule has 0 atom stereocenters. The third kappa shape index (κ3) is 2.22. The van der Waals surface area contributed by atoms with E-state index in [4.69, 9.17) is 0 Å². The van der Waals surface area contributed by atoms with Gasteiger partial charge in [-0.3, -0.25) is 4.31 Å². The molecule has 1 aliphatic heterocycles. The van der Waals surface area contributed by atoms with Crippen molar-refractivity contribution < 1.29 is 8.42 Å². The van der Waals surface area contributed by atoms with Gasteiger partial charge in [0, 0.05) is 10.1 Å². The van der Waals surface area contributed by atoms with Gasteiger partial charge in [-0.1, -0.05) is 18.2 Å². The Bertz CT molecular complexity index is 771. The zero-order valence-corrected chi connectivity index (χ0v) is 14.0. The fourth-order valence-corrected chi connectivity index (χ4v) is 4.39. The van der Waals surface area contributed by atoms with E-state index in [1.807, 2.05) is 37.3 Å². The quantitative estimate of drug-likeness (QED) is 0.727. The van der Waals surface area contributed by atoms with Crippen LogP contribution in [0, 0.1) is 10.5 Å². The normalized spacial score (nSPS) is 14.4. The molecule has 0 aromatic heterocycles. The number of aryl methyl sites for hydroxylation is 1. The van der Waals surface area contributed by atoms with Gasteiger partial charge in [-0.2, -0.15) is 0 Å². The second-order valence-electron chi connectivity index (χ2n) is 4.87. The highest BCUT2D eigenvalue weighted by Crippen LogP contribution is 2.33. The molecule has 0 saturated carbocycles. The van der Waals surface area contributed by atoms with Gasteiger partial charge in [0.05, 0.1) is 10.6 Å². The van der Waals surface area contributed by atoms with Gasteiger partial charge >= 0.3 is 0 Å². The summed E-state index contributed by atoms with van der Waals surface area (Å²) >= 11 is 2.21. The number of halogens is 1. The SMILES string of the molecule is Cc1cc(S(=O)(=O)N2CCc3ccccc32)ccc1I. The molecule has 0 spiro atoms. The molecule has 1 heterocycles. The van der Waals surface area contributed by atoms with Crippen molar-refractivity contribution in [2.75, 3.05) is 10.8 Å². The fourth-order valence-electron chi connectivity index (χ4n) is 2.46. The predicted molar refractivity (Wildman–Crippen MR) is 88.6 cm³/mol. The van der Waals surface area contributed by atoms with Crippen LogP contribution in [0.25, 0.3) is 0 Å². The highest BCUT2D eigenvalue weighted by atomic mass is 127. The third-order valence-electron chi connectivity index (χ3n) is 3.56. The molecule has 5 heteroatoms. The molecule has 0 radical (unpaired) electrons. The lowest BCUT2D eigenvalue weighted by molar-refractivity contribution is 0.592. The minimum atomic E-state index is -3.46. The van der Waals surface area contributed by atoms with E-state index in [0.717, 1.165) is 26.8 Å². The summed E-state index contributed by atoms with van der Waals surface area (Å²) in [5, 5.41) is 0. The fraction of sp³-hybridized carbons (Fsp3) is 0.200. The van der Waals surface area contributed by atoms with Gasteiger partial charge in [0.25, 0.3) is 10.0 Å². The number of nitrogens with zero attached hydrogens (tertiary/aromatic N) is 1. The Balaban J connectivity index is 2.07. The van der Waals surface area contributed by atoms with Crippen LogP contribution in [0.5, 0.6) is 0 Å². The van der Waals surface area contributed by atoms with Crippen LogP contribution < -0.4 is 4.31 Å². The number of hydrogen-bond donors (Lipinski definition) is 0. The second kappa shape index (κ2) is 5.04. The van der Waals surface area contributed by atoms with E-state index in [2.05, 4.69) is 22.6 Å². The summed E-state index contributed by atoms with van der Waals surface area (Å²) in [5.41, 5.74) is 2.89. The molecule has 20 heavy (non-hydrogen) atoms. The molecule has 0 bridgehead atoms. The Kier molecular flexibility index (Phi) is 3.50. The maximum atomic E-state index is 12.8. The van der Waals surface area contributed by atoms with Gasteiger partial charge in [0.15, 0.2) is 0 Å². The van der Waals surface area contributed by atoms with Crippen LogP contribution in [0.4, 0.5) is 5.69 Å². The first-order chi connectivity index (χ1) is 9.50. The molecule has 0 fully saturated rings. The minimum Gasteiger partial charge on any atom is -0.266 e. The lowest BCUT2D eigenvalue weighted by Crippen LogP contribution is -2.29. The molecule has 104 valence electrons. The number of benzene rings is 2. The van der Waals surface area contributed by atoms with E-state index < -0.39 is 10.0 Å². The average molecular weight is 399 g/mol. The van der Waals surface area contributed by atoms with Crippen molar-refractivity contribution in [3.05, 3.63) is 57.2 Å². The number of rotatable bonds is 2. The number of sulfonamides is 1.